The van der Waals surface area contributed by atoms with Gasteiger partial charge in [-0.15, -0.1) is 0 Å². The number of nitrogens with zero attached hydrogens (tertiary/aromatic N) is 4. The highest BCUT2D eigenvalue weighted by Crippen LogP contribution is 2.18. The summed E-state index contributed by atoms with van der Waals surface area (Å²) in [5, 5.41) is 8.34. The van der Waals surface area contributed by atoms with Crippen molar-refractivity contribution in [3.63, 3.8) is 0 Å². The van der Waals surface area contributed by atoms with E-state index in [9.17, 15) is 0 Å². The third kappa shape index (κ3) is 4.48. The number of benzene rings is 1. The lowest BCUT2D eigenvalue weighted by atomic mass is 10.0. The molecule has 5 heteroatoms. The Bertz CT molecular complexity index is 671. The first-order valence-corrected chi connectivity index (χ1v) is 9.23. The maximum atomic E-state index is 4.55. The number of nitrogens with one attached hydrogen (secondary N) is 1. The van der Waals surface area contributed by atoms with Crippen molar-refractivity contribution in [2.45, 2.75) is 26.4 Å². The predicted molar refractivity (Wildman–Crippen MR) is 103 cm³/mol. The topological polar surface area (TPSA) is 36.3 Å². The molecule has 0 radical (unpaired) electrons. The van der Waals surface area contributed by atoms with Gasteiger partial charge >= 0.3 is 0 Å². The predicted octanol–water partition coefficient (Wildman–Crippen LogP) is 2.12. The van der Waals surface area contributed by atoms with Crippen molar-refractivity contribution >= 4 is 0 Å². The minimum atomic E-state index is 0.337. The van der Waals surface area contributed by atoms with Crippen LogP contribution in [-0.4, -0.2) is 59.4 Å². The van der Waals surface area contributed by atoms with Crippen LogP contribution in [0.3, 0.4) is 0 Å². The van der Waals surface area contributed by atoms with Crippen LogP contribution < -0.4 is 5.32 Å². The quantitative estimate of drug-likeness (QED) is 0.873. The molecule has 0 amide bonds. The highest BCUT2D eigenvalue weighted by atomic mass is 15.3. The summed E-state index contributed by atoms with van der Waals surface area (Å²) in [4.78, 5) is 4.98. The van der Waals surface area contributed by atoms with E-state index in [-0.39, 0.29) is 0 Å². The first-order valence-electron chi connectivity index (χ1n) is 9.23. The number of aryl methyl sites for hydroxylation is 2. The first-order chi connectivity index (χ1) is 12.0. The van der Waals surface area contributed by atoms with Crippen LogP contribution >= 0.6 is 0 Å². The van der Waals surface area contributed by atoms with Crippen LogP contribution in [0.15, 0.2) is 30.3 Å². The molecule has 0 saturated carbocycles. The van der Waals surface area contributed by atoms with Crippen LogP contribution in [-0.2, 0) is 13.6 Å². The fourth-order valence-electron chi connectivity index (χ4n) is 3.56. The summed E-state index contributed by atoms with van der Waals surface area (Å²) in [6.07, 6.45) is 0. The maximum Gasteiger partial charge on any atom is 0.0641 e. The van der Waals surface area contributed by atoms with Gasteiger partial charge in [0.15, 0.2) is 0 Å². The Balaban J connectivity index is 1.70. The van der Waals surface area contributed by atoms with Crippen molar-refractivity contribution in [3.8, 4) is 0 Å². The zero-order valence-corrected chi connectivity index (χ0v) is 16.0. The Labute approximate surface area is 151 Å². The van der Waals surface area contributed by atoms with Gasteiger partial charge in [-0.1, -0.05) is 30.3 Å². The van der Waals surface area contributed by atoms with Gasteiger partial charge in [0.05, 0.1) is 5.69 Å². The number of piperazine rings is 1. The summed E-state index contributed by atoms with van der Waals surface area (Å²) in [7, 11) is 4.23. The molecule has 1 aromatic heterocycles. The van der Waals surface area contributed by atoms with E-state index >= 15 is 0 Å². The van der Waals surface area contributed by atoms with Gasteiger partial charge in [0, 0.05) is 63.6 Å². The molecule has 1 unspecified atom stereocenters. The fraction of sp³-hybridized carbons (Fsp3) is 0.550. The second-order valence-corrected chi connectivity index (χ2v) is 7.22. The van der Waals surface area contributed by atoms with Crippen molar-refractivity contribution < 1.29 is 0 Å². The van der Waals surface area contributed by atoms with Gasteiger partial charge in [-0.2, -0.15) is 5.10 Å². The summed E-state index contributed by atoms with van der Waals surface area (Å²) in [5.41, 5.74) is 5.05. The lowest BCUT2D eigenvalue weighted by molar-refractivity contribution is 0.142. The smallest absolute Gasteiger partial charge is 0.0641 e. The largest absolute Gasteiger partial charge is 0.305 e. The Morgan fingerprint density at radius 2 is 1.72 bits per heavy atom. The lowest BCUT2D eigenvalue weighted by Gasteiger charge is -2.35. The number of aromatic nitrogens is 2. The SMILES string of the molecule is Cc1nn(C)c(C)c1CNC(CN1CCN(C)CC1)c1ccccc1. The van der Waals surface area contributed by atoms with Crippen LogP contribution in [0.2, 0.25) is 0 Å². The van der Waals surface area contributed by atoms with Crippen molar-refractivity contribution in [3.05, 3.63) is 52.8 Å². The molecule has 3 rings (SSSR count). The van der Waals surface area contributed by atoms with Crippen LogP contribution in [0.5, 0.6) is 0 Å². The highest BCUT2D eigenvalue weighted by Gasteiger charge is 2.20. The third-order valence-electron chi connectivity index (χ3n) is 5.42. The maximum absolute atomic E-state index is 4.55. The van der Waals surface area contributed by atoms with E-state index in [1.54, 1.807) is 0 Å². The second-order valence-electron chi connectivity index (χ2n) is 7.22. The van der Waals surface area contributed by atoms with E-state index in [4.69, 9.17) is 0 Å². The molecular weight excluding hydrogens is 310 g/mol. The highest BCUT2D eigenvalue weighted by molar-refractivity contribution is 5.25. The van der Waals surface area contributed by atoms with Gasteiger partial charge in [-0.3, -0.25) is 9.58 Å². The molecule has 1 fully saturated rings. The number of hydrogen-bond donors (Lipinski definition) is 1. The Morgan fingerprint density at radius 1 is 1.04 bits per heavy atom. The zero-order valence-electron chi connectivity index (χ0n) is 16.0. The third-order valence-corrected chi connectivity index (χ3v) is 5.42. The van der Waals surface area contributed by atoms with Crippen LogP contribution in [0.1, 0.15) is 28.6 Å². The molecule has 0 aliphatic carbocycles. The van der Waals surface area contributed by atoms with Gasteiger partial charge in [0.25, 0.3) is 0 Å². The molecule has 0 bridgehead atoms. The van der Waals surface area contributed by atoms with E-state index in [1.807, 2.05) is 11.7 Å². The summed E-state index contributed by atoms with van der Waals surface area (Å²) >= 11 is 0. The number of likely N-dealkylation sites (N-methyl/N-ethyl adjacent to an activating group) is 1. The number of hydrogen-bond acceptors (Lipinski definition) is 4. The van der Waals surface area contributed by atoms with Gasteiger partial charge < -0.3 is 10.2 Å². The first kappa shape index (κ1) is 18.1. The van der Waals surface area contributed by atoms with Crippen LogP contribution in [0, 0.1) is 13.8 Å². The van der Waals surface area contributed by atoms with Crippen molar-refractivity contribution in [2.75, 3.05) is 39.8 Å². The minimum Gasteiger partial charge on any atom is -0.305 e. The van der Waals surface area contributed by atoms with Gasteiger partial charge in [-0.05, 0) is 26.5 Å². The molecular formula is C20H31N5. The molecule has 1 aliphatic heterocycles. The molecule has 2 aromatic rings. The molecule has 1 N–H and O–H groups in total. The van der Waals surface area contributed by atoms with E-state index < -0.39 is 0 Å². The molecule has 1 saturated heterocycles. The minimum absolute atomic E-state index is 0.337. The molecule has 1 aromatic carbocycles. The average Bonchev–Trinajstić information content (AvgIpc) is 2.86. The fourth-order valence-corrected chi connectivity index (χ4v) is 3.56. The molecule has 0 spiro atoms. The summed E-state index contributed by atoms with van der Waals surface area (Å²) < 4.78 is 1.98. The average molecular weight is 342 g/mol. The van der Waals surface area contributed by atoms with Gasteiger partial charge in [0.1, 0.15) is 0 Å². The monoisotopic (exact) mass is 341 g/mol. The Hall–Kier alpha value is -1.69. The van der Waals surface area contributed by atoms with E-state index in [0.29, 0.717) is 6.04 Å². The van der Waals surface area contributed by atoms with Crippen molar-refractivity contribution in [1.82, 2.24) is 24.9 Å². The number of rotatable bonds is 6. The second kappa shape index (κ2) is 8.13. The molecule has 5 nitrogen and oxygen atoms in total. The summed E-state index contributed by atoms with van der Waals surface area (Å²) in [6.45, 7) is 10.8. The summed E-state index contributed by atoms with van der Waals surface area (Å²) in [6, 6.07) is 11.2. The molecule has 25 heavy (non-hydrogen) atoms. The van der Waals surface area contributed by atoms with Crippen LogP contribution in [0.25, 0.3) is 0 Å². The molecule has 2 heterocycles. The van der Waals surface area contributed by atoms with E-state index in [0.717, 1.165) is 45.0 Å². The lowest BCUT2D eigenvalue weighted by Crippen LogP contribution is -2.47. The Kier molecular flexibility index (Phi) is 5.89. The Morgan fingerprint density at radius 3 is 2.32 bits per heavy atom. The zero-order chi connectivity index (χ0) is 17.8. The van der Waals surface area contributed by atoms with Gasteiger partial charge in [-0.25, -0.2) is 0 Å². The summed E-state index contributed by atoms with van der Waals surface area (Å²) in [5.74, 6) is 0. The molecule has 1 aliphatic rings. The van der Waals surface area contributed by atoms with E-state index in [1.165, 1.54) is 16.8 Å². The standard InChI is InChI=1S/C20H31N5/c1-16-19(17(2)24(4)22-16)14-21-20(18-8-6-5-7-9-18)15-25-12-10-23(3)11-13-25/h5-9,20-21H,10-15H2,1-4H3. The molecule has 1 atom stereocenters. The van der Waals surface area contributed by atoms with Crippen molar-refractivity contribution in [2.24, 2.45) is 7.05 Å². The molecule has 136 valence electrons. The van der Waals surface area contributed by atoms with Gasteiger partial charge in [0.2, 0.25) is 0 Å². The van der Waals surface area contributed by atoms with Crippen LogP contribution in [0.4, 0.5) is 0 Å². The normalized spacial score (nSPS) is 17.8. The van der Waals surface area contributed by atoms with Crippen molar-refractivity contribution in [1.29, 1.82) is 0 Å². The van der Waals surface area contributed by atoms with E-state index in [2.05, 4.69) is 71.4 Å².